The van der Waals surface area contributed by atoms with E-state index in [1.165, 1.54) is 0 Å². The molecule has 0 saturated carbocycles. The third-order valence-corrected chi connectivity index (χ3v) is 11.0. The molecule has 5 nitrogen and oxygen atoms in total. The van der Waals surface area contributed by atoms with Crippen molar-refractivity contribution in [2.45, 2.75) is 92.3 Å². The number of benzene rings is 3. The van der Waals surface area contributed by atoms with Gasteiger partial charge in [0.2, 0.25) is 11.0 Å². The van der Waals surface area contributed by atoms with E-state index in [1.54, 1.807) is 18.2 Å². The Morgan fingerprint density at radius 1 is 0.698 bits per heavy atom. The van der Waals surface area contributed by atoms with E-state index in [4.69, 9.17) is 9.47 Å². The Kier molecular flexibility index (Phi) is 12.8. The van der Waals surface area contributed by atoms with Crippen LogP contribution in [0.25, 0.3) is 0 Å². The van der Waals surface area contributed by atoms with Crippen LogP contribution in [-0.4, -0.2) is 24.3 Å². The largest absolute Gasteiger partial charge is 0.493 e. The maximum Gasteiger partial charge on any atom is 0.252 e. The fraction of sp³-hybridized carbons (Fsp3) is 0.444. The molecule has 1 unspecified atom stereocenters. The Morgan fingerprint density at radius 3 is 1.67 bits per heavy atom. The lowest BCUT2D eigenvalue weighted by Crippen LogP contribution is -2.25. The highest BCUT2D eigenvalue weighted by molar-refractivity contribution is 9.08. The number of ether oxygens (including phenoxy) is 2. The van der Waals surface area contributed by atoms with Gasteiger partial charge in [-0.1, -0.05) is 85.3 Å². The second kappa shape index (κ2) is 15.9. The predicted molar refractivity (Wildman–Crippen MR) is 182 cm³/mol. The molecular weight excluding hydrogens is 623 g/mol. The standard InChI is InChI=1S/C36H46BrO5P/c1-8-10-12-16-41-30-14-15-32(31(22-30)42-17-13-11-9-2)43(40,35(38)33-25(4)18-24(3)19-26(33)5)36(39)34-27(6)20-29(23-37)21-28(34)7/h14-15,18-22H,8-13,16-17,23H2,1-7H3. The van der Waals surface area contributed by atoms with E-state index in [0.29, 0.717) is 57.7 Å². The van der Waals surface area contributed by atoms with Crippen molar-refractivity contribution < 1.29 is 23.6 Å². The molecule has 0 aliphatic carbocycles. The van der Waals surface area contributed by atoms with Crippen LogP contribution in [-0.2, 0) is 9.90 Å². The molecule has 43 heavy (non-hydrogen) atoms. The van der Waals surface area contributed by atoms with Crippen LogP contribution in [0.15, 0.2) is 42.5 Å². The smallest absolute Gasteiger partial charge is 0.252 e. The molecule has 0 amide bonds. The van der Waals surface area contributed by atoms with Gasteiger partial charge in [-0.05, 0) is 87.4 Å². The molecule has 0 fully saturated rings. The number of carbonyl (C=O) groups is 2. The summed E-state index contributed by atoms with van der Waals surface area (Å²) in [5.41, 5.74) is 4.08. The number of carbonyl (C=O) groups excluding carboxylic acids is 2. The lowest BCUT2D eigenvalue weighted by atomic mass is 10.0. The lowest BCUT2D eigenvalue weighted by Gasteiger charge is -2.24. The van der Waals surface area contributed by atoms with Crippen molar-refractivity contribution in [1.82, 2.24) is 0 Å². The highest BCUT2D eigenvalue weighted by Crippen LogP contribution is 2.55. The minimum Gasteiger partial charge on any atom is -0.493 e. The Bertz CT molecular complexity index is 1460. The molecule has 0 aromatic heterocycles. The Balaban J connectivity index is 2.28. The summed E-state index contributed by atoms with van der Waals surface area (Å²) in [6.45, 7) is 14.5. The fourth-order valence-electron chi connectivity index (χ4n) is 5.65. The van der Waals surface area contributed by atoms with Gasteiger partial charge in [-0.15, -0.1) is 0 Å². The van der Waals surface area contributed by atoms with E-state index in [0.717, 1.165) is 49.7 Å². The first-order valence-corrected chi connectivity index (χ1v) is 18.2. The summed E-state index contributed by atoms with van der Waals surface area (Å²) >= 11 is 3.49. The monoisotopic (exact) mass is 668 g/mol. The zero-order valence-corrected chi connectivity index (χ0v) is 29.3. The van der Waals surface area contributed by atoms with Crippen LogP contribution in [0.5, 0.6) is 11.5 Å². The van der Waals surface area contributed by atoms with Crippen molar-refractivity contribution in [2.24, 2.45) is 0 Å². The number of rotatable bonds is 16. The van der Waals surface area contributed by atoms with Gasteiger partial charge in [-0.3, -0.25) is 9.59 Å². The Hall–Kier alpha value is -2.69. The summed E-state index contributed by atoms with van der Waals surface area (Å²) < 4.78 is 27.8. The average molecular weight is 670 g/mol. The molecule has 0 aliphatic rings. The normalized spacial score (nSPS) is 12.6. The first-order chi connectivity index (χ1) is 20.5. The van der Waals surface area contributed by atoms with Crippen molar-refractivity contribution in [3.8, 4) is 11.5 Å². The molecule has 0 heterocycles. The molecule has 0 spiro atoms. The zero-order valence-electron chi connectivity index (χ0n) is 26.8. The number of aryl methyl sites for hydroxylation is 5. The molecule has 0 aliphatic heterocycles. The van der Waals surface area contributed by atoms with Gasteiger partial charge in [0.15, 0.2) is 0 Å². The van der Waals surface area contributed by atoms with Crippen LogP contribution < -0.4 is 14.8 Å². The van der Waals surface area contributed by atoms with Crippen molar-refractivity contribution in [3.05, 3.63) is 87.0 Å². The summed E-state index contributed by atoms with van der Waals surface area (Å²) in [5, 5.41) is 0.749. The van der Waals surface area contributed by atoms with Gasteiger partial charge in [0.05, 0.1) is 18.5 Å². The third kappa shape index (κ3) is 8.08. The molecule has 3 rings (SSSR count). The zero-order chi connectivity index (χ0) is 31.7. The maximum atomic E-state index is 15.6. The predicted octanol–water partition coefficient (Wildman–Crippen LogP) is 9.93. The van der Waals surface area contributed by atoms with Crippen molar-refractivity contribution >= 4 is 39.4 Å². The van der Waals surface area contributed by atoms with Gasteiger partial charge in [0.25, 0.3) is 7.14 Å². The van der Waals surface area contributed by atoms with Gasteiger partial charge in [0.1, 0.15) is 11.5 Å². The SMILES string of the molecule is CCCCCOc1ccc(P(=O)(C(=O)c2c(C)cc(C)cc2C)C(=O)c2c(C)cc(CBr)cc2C)c(OCCCCC)c1. The van der Waals surface area contributed by atoms with E-state index < -0.39 is 18.2 Å². The van der Waals surface area contributed by atoms with Gasteiger partial charge in [-0.25, -0.2) is 0 Å². The van der Waals surface area contributed by atoms with Crippen LogP contribution in [0.1, 0.15) is 106 Å². The minimum absolute atomic E-state index is 0.127. The molecule has 232 valence electrons. The van der Waals surface area contributed by atoms with Gasteiger partial charge in [0, 0.05) is 22.5 Å². The van der Waals surface area contributed by atoms with Crippen molar-refractivity contribution in [2.75, 3.05) is 13.2 Å². The topological polar surface area (TPSA) is 69.7 Å². The Labute approximate surface area is 266 Å². The highest BCUT2D eigenvalue weighted by Gasteiger charge is 2.46. The van der Waals surface area contributed by atoms with Crippen LogP contribution in [0.4, 0.5) is 0 Å². The molecular formula is C36H46BrO5P. The molecule has 0 bridgehead atoms. The maximum absolute atomic E-state index is 15.6. The summed E-state index contributed by atoms with van der Waals surface area (Å²) in [7, 11) is -4.46. The second-order valence-electron chi connectivity index (χ2n) is 11.5. The summed E-state index contributed by atoms with van der Waals surface area (Å²) in [6, 6.07) is 12.6. The van der Waals surface area contributed by atoms with Crippen molar-refractivity contribution in [1.29, 1.82) is 0 Å². The number of halogens is 1. The summed E-state index contributed by atoms with van der Waals surface area (Å²) in [5.74, 6) is 0.831. The first kappa shape index (κ1) is 34.8. The van der Waals surface area contributed by atoms with Crippen LogP contribution in [0.2, 0.25) is 0 Å². The molecule has 3 aromatic carbocycles. The van der Waals surface area contributed by atoms with E-state index in [9.17, 15) is 9.59 Å². The highest BCUT2D eigenvalue weighted by atomic mass is 79.9. The van der Waals surface area contributed by atoms with Gasteiger partial charge < -0.3 is 14.0 Å². The van der Waals surface area contributed by atoms with E-state index in [2.05, 4.69) is 29.8 Å². The molecule has 1 atom stereocenters. The molecule has 0 radical (unpaired) electrons. The number of unbranched alkanes of at least 4 members (excludes halogenated alkanes) is 4. The van der Waals surface area contributed by atoms with E-state index in [-0.39, 0.29) is 11.1 Å². The quantitative estimate of drug-likeness (QED) is 0.0863. The van der Waals surface area contributed by atoms with Crippen LogP contribution >= 0.6 is 23.1 Å². The molecule has 7 heteroatoms. The van der Waals surface area contributed by atoms with Crippen molar-refractivity contribution in [3.63, 3.8) is 0 Å². The average Bonchev–Trinajstić information content (AvgIpc) is 2.96. The van der Waals surface area contributed by atoms with E-state index in [1.807, 2.05) is 58.9 Å². The Morgan fingerprint density at radius 2 is 1.19 bits per heavy atom. The van der Waals surface area contributed by atoms with Crippen LogP contribution in [0.3, 0.4) is 0 Å². The third-order valence-electron chi connectivity index (χ3n) is 7.72. The fourth-order valence-corrected chi connectivity index (χ4v) is 8.65. The summed E-state index contributed by atoms with van der Waals surface area (Å²) in [6.07, 6.45) is 5.83. The number of hydrogen-bond acceptors (Lipinski definition) is 5. The number of hydrogen-bond donors (Lipinski definition) is 0. The van der Waals surface area contributed by atoms with E-state index >= 15 is 4.57 Å². The molecule has 0 saturated heterocycles. The van der Waals surface area contributed by atoms with Crippen LogP contribution in [0, 0.1) is 34.6 Å². The van der Waals surface area contributed by atoms with Gasteiger partial charge >= 0.3 is 0 Å². The number of alkyl halides is 1. The minimum atomic E-state index is -4.46. The molecule has 3 aromatic rings. The van der Waals surface area contributed by atoms with Gasteiger partial charge in [-0.2, -0.15) is 0 Å². The lowest BCUT2D eigenvalue weighted by molar-refractivity contribution is 0.103. The summed E-state index contributed by atoms with van der Waals surface area (Å²) in [4.78, 5) is 29.3. The first-order valence-electron chi connectivity index (χ1n) is 15.3. The molecule has 0 N–H and O–H groups in total. The second-order valence-corrected chi connectivity index (χ2v) is 14.5.